The van der Waals surface area contributed by atoms with Crippen molar-refractivity contribution >= 4 is 21.6 Å². The molecule has 0 unspecified atom stereocenters. The summed E-state index contributed by atoms with van der Waals surface area (Å²) in [6.07, 6.45) is 1.05. The molecule has 2 aromatic carbocycles. The number of piperidine rings is 1. The quantitative estimate of drug-likeness (QED) is 0.730. The van der Waals surface area contributed by atoms with Gasteiger partial charge in [-0.25, -0.2) is 8.42 Å². The molecule has 4 rings (SSSR count). The lowest BCUT2D eigenvalue weighted by molar-refractivity contribution is 0.0746. The molecule has 0 N–H and O–H groups in total. The lowest BCUT2D eigenvalue weighted by Crippen LogP contribution is -2.48. The van der Waals surface area contributed by atoms with Gasteiger partial charge < -0.3 is 9.80 Å². The van der Waals surface area contributed by atoms with Gasteiger partial charge in [-0.3, -0.25) is 4.79 Å². The Labute approximate surface area is 185 Å². The topological polar surface area (TPSA) is 60.9 Å². The first-order valence-electron chi connectivity index (χ1n) is 11.0. The molecule has 2 saturated heterocycles. The summed E-state index contributed by atoms with van der Waals surface area (Å²) in [5.74, 6) is 0.666. The van der Waals surface area contributed by atoms with Crippen molar-refractivity contribution in [3.63, 3.8) is 0 Å². The second-order valence-electron chi connectivity index (χ2n) is 8.91. The van der Waals surface area contributed by atoms with Crippen molar-refractivity contribution in [1.29, 1.82) is 0 Å². The Morgan fingerprint density at radius 2 is 1.42 bits per heavy atom. The zero-order valence-electron chi connectivity index (χ0n) is 18.3. The Morgan fingerprint density at radius 1 is 0.839 bits per heavy atom. The monoisotopic (exact) mass is 441 g/mol. The number of carbonyl (C=O) groups excluding carboxylic acids is 1. The summed E-state index contributed by atoms with van der Waals surface area (Å²) in [7, 11) is -3.53. The van der Waals surface area contributed by atoms with Crippen LogP contribution in [0, 0.1) is 11.8 Å². The van der Waals surface area contributed by atoms with Crippen molar-refractivity contribution in [2.24, 2.45) is 11.8 Å². The van der Waals surface area contributed by atoms with Crippen molar-refractivity contribution in [3.8, 4) is 0 Å². The van der Waals surface area contributed by atoms with E-state index in [-0.39, 0.29) is 10.8 Å². The number of carbonyl (C=O) groups is 1. The van der Waals surface area contributed by atoms with Crippen LogP contribution in [0.3, 0.4) is 0 Å². The van der Waals surface area contributed by atoms with E-state index < -0.39 is 10.0 Å². The number of rotatable bonds is 4. The maximum atomic E-state index is 13.1. The number of hydrogen-bond acceptors (Lipinski definition) is 4. The molecule has 0 spiro atoms. The maximum absolute atomic E-state index is 13.1. The van der Waals surface area contributed by atoms with E-state index in [4.69, 9.17) is 0 Å². The molecule has 2 atom stereocenters. The average Bonchev–Trinajstić information content (AvgIpc) is 2.79. The Kier molecular flexibility index (Phi) is 6.34. The lowest BCUT2D eigenvalue weighted by atomic mass is 9.94. The predicted molar refractivity (Wildman–Crippen MR) is 123 cm³/mol. The third-order valence-electron chi connectivity index (χ3n) is 6.26. The molecule has 166 valence electrons. The van der Waals surface area contributed by atoms with E-state index in [0.29, 0.717) is 43.6 Å². The minimum absolute atomic E-state index is 0.0446. The molecular weight excluding hydrogens is 410 g/mol. The van der Waals surface area contributed by atoms with Gasteiger partial charge in [0.25, 0.3) is 5.91 Å². The lowest BCUT2D eigenvalue weighted by Gasteiger charge is -2.36. The van der Waals surface area contributed by atoms with Crippen LogP contribution < -0.4 is 4.90 Å². The molecule has 2 aliphatic heterocycles. The van der Waals surface area contributed by atoms with E-state index in [1.54, 1.807) is 28.6 Å². The molecule has 1 amide bonds. The molecule has 0 aromatic heterocycles. The van der Waals surface area contributed by atoms with Crippen molar-refractivity contribution in [2.45, 2.75) is 25.2 Å². The summed E-state index contributed by atoms with van der Waals surface area (Å²) < 4.78 is 27.7. The highest BCUT2D eigenvalue weighted by molar-refractivity contribution is 7.89. The van der Waals surface area contributed by atoms with Gasteiger partial charge >= 0.3 is 0 Å². The highest BCUT2D eigenvalue weighted by atomic mass is 32.2. The van der Waals surface area contributed by atoms with Gasteiger partial charge in [0.2, 0.25) is 10.0 Å². The summed E-state index contributed by atoms with van der Waals surface area (Å²) in [6.45, 7) is 8.17. The molecule has 6 nitrogen and oxygen atoms in total. The van der Waals surface area contributed by atoms with E-state index in [2.05, 4.69) is 30.9 Å². The first kappa shape index (κ1) is 21.8. The summed E-state index contributed by atoms with van der Waals surface area (Å²) in [4.78, 5) is 17.3. The van der Waals surface area contributed by atoms with Crippen molar-refractivity contribution in [2.75, 3.05) is 44.2 Å². The minimum Gasteiger partial charge on any atom is -0.368 e. The van der Waals surface area contributed by atoms with Crippen LogP contribution in [0.5, 0.6) is 0 Å². The molecule has 0 bridgehead atoms. The molecule has 0 aliphatic carbocycles. The second-order valence-corrected chi connectivity index (χ2v) is 10.8. The second kappa shape index (κ2) is 9.01. The fourth-order valence-corrected chi connectivity index (χ4v) is 6.39. The van der Waals surface area contributed by atoms with Crippen LogP contribution in [0.2, 0.25) is 0 Å². The molecule has 0 saturated carbocycles. The zero-order chi connectivity index (χ0) is 22.0. The highest BCUT2D eigenvalue weighted by Gasteiger charge is 2.32. The largest absolute Gasteiger partial charge is 0.368 e. The van der Waals surface area contributed by atoms with Gasteiger partial charge in [-0.2, -0.15) is 4.31 Å². The molecule has 7 heteroatoms. The fourth-order valence-electron chi connectivity index (χ4n) is 4.71. The first-order chi connectivity index (χ1) is 14.8. The normalized spacial score (nSPS) is 23.0. The van der Waals surface area contributed by atoms with Gasteiger partial charge in [0.1, 0.15) is 0 Å². The number of nitrogens with zero attached hydrogens (tertiary/aromatic N) is 3. The van der Waals surface area contributed by atoms with E-state index in [0.717, 1.165) is 19.5 Å². The van der Waals surface area contributed by atoms with Crippen LogP contribution in [-0.2, 0) is 10.0 Å². The van der Waals surface area contributed by atoms with Gasteiger partial charge in [0.15, 0.2) is 0 Å². The Hall–Kier alpha value is -2.38. The van der Waals surface area contributed by atoms with Gasteiger partial charge in [0, 0.05) is 50.5 Å². The Balaban J connectivity index is 1.41. The van der Waals surface area contributed by atoms with Crippen LogP contribution in [-0.4, -0.2) is 62.8 Å². The Morgan fingerprint density at radius 3 is 2.00 bits per heavy atom. The maximum Gasteiger partial charge on any atom is 0.253 e. The fraction of sp³-hybridized carbons (Fsp3) is 0.458. The molecule has 2 heterocycles. The summed E-state index contributed by atoms with van der Waals surface area (Å²) >= 11 is 0. The van der Waals surface area contributed by atoms with Gasteiger partial charge in [-0.05, 0) is 54.7 Å². The van der Waals surface area contributed by atoms with Crippen molar-refractivity contribution in [3.05, 3.63) is 60.2 Å². The summed E-state index contributed by atoms with van der Waals surface area (Å²) in [5.41, 5.74) is 1.71. The number of piperazine rings is 1. The predicted octanol–water partition coefficient (Wildman–Crippen LogP) is 3.32. The zero-order valence-corrected chi connectivity index (χ0v) is 19.1. The van der Waals surface area contributed by atoms with Gasteiger partial charge in [-0.15, -0.1) is 0 Å². The van der Waals surface area contributed by atoms with E-state index in [1.807, 2.05) is 23.1 Å². The minimum atomic E-state index is -3.53. The van der Waals surface area contributed by atoms with Gasteiger partial charge in [-0.1, -0.05) is 32.0 Å². The van der Waals surface area contributed by atoms with Crippen molar-refractivity contribution < 1.29 is 13.2 Å². The average molecular weight is 442 g/mol. The van der Waals surface area contributed by atoms with E-state index in [1.165, 1.54) is 5.69 Å². The molecule has 2 aliphatic rings. The van der Waals surface area contributed by atoms with Crippen molar-refractivity contribution in [1.82, 2.24) is 9.21 Å². The number of hydrogen-bond donors (Lipinski definition) is 0. The number of para-hydroxylation sites is 1. The van der Waals surface area contributed by atoms with Crippen LogP contribution in [0.15, 0.2) is 59.5 Å². The highest BCUT2D eigenvalue weighted by Crippen LogP contribution is 2.27. The number of anilines is 1. The number of amides is 1. The standard InChI is InChI=1S/C24H31N3O3S/c1-19-16-20(2)18-27(17-19)31(29,30)23-10-8-21(9-11-23)24(28)26-14-12-25(13-15-26)22-6-4-3-5-7-22/h3-11,19-20H,12-18H2,1-2H3/t19-,20-/m1/s1. The van der Waals surface area contributed by atoms with Crippen LogP contribution >= 0.6 is 0 Å². The van der Waals surface area contributed by atoms with Gasteiger partial charge in [0.05, 0.1) is 4.90 Å². The third kappa shape index (κ3) is 4.77. The summed E-state index contributed by atoms with van der Waals surface area (Å²) in [6, 6.07) is 16.7. The van der Waals surface area contributed by atoms with Crippen LogP contribution in [0.25, 0.3) is 0 Å². The molecule has 2 aromatic rings. The smallest absolute Gasteiger partial charge is 0.253 e. The molecule has 31 heavy (non-hydrogen) atoms. The molecule has 2 fully saturated rings. The molecular formula is C24H31N3O3S. The van der Waals surface area contributed by atoms with E-state index in [9.17, 15) is 13.2 Å². The number of sulfonamides is 1. The van der Waals surface area contributed by atoms with Crippen LogP contribution in [0.4, 0.5) is 5.69 Å². The van der Waals surface area contributed by atoms with E-state index >= 15 is 0 Å². The summed E-state index contributed by atoms with van der Waals surface area (Å²) in [5, 5.41) is 0. The Bertz CT molecular complexity index is 990. The van der Waals surface area contributed by atoms with Crippen LogP contribution in [0.1, 0.15) is 30.6 Å². The SMILES string of the molecule is C[C@@H]1C[C@@H](C)CN(S(=O)(=O)c2ccc(C(=O)N3CCN(c4ccccc4)CC3)cc2)C1. The first-order valence-corrected chi connectivity index (χ1v) is 12.5. The third-order valence-corrected chi connectivity index (χ3v) is 8.11. The number of benzene rings is 2. The molecule has 0 radical (unpaired) electrons.